The number of hydrogen-bond acceptors (Lipinski definition) is 4. The van der Waals surface area contributed by atoms with E-state index in [1.807, 2.05) is 42.5 Å². The standard InChI is InChI=1S/C16H10N2O2S/c17-16-18-15(19)14(21-16)8-9-5-6-13-11(7-9)10-3-1-2-4-12(10)20-13/h1-8H,(H2,17,18,19). The van der Waals surface area contributed by atoms with Crippen LogP contribution in [0, 0.1) is 5.41 Å². The number of para-hydroxylation sites is 1. The molecule has 21 heavy (non-hydrogen) atoms. The number of nitrogens with one attached hydrogen (secondary N) is 2. The maximum absolute atomic E-state index is 11.7. The summed E-state index contributed by atoms with van der Waals surface area (Å²) in [4.78, 5) is 12.2. The summed E-state index contributed by atoms with van der Waals surface area (Å²) in [7, 11) is 0. The molecule has 0 spiro atoms. The van der Waals surface area contributed by atoms with Crippen molar-refractivity contribution in [1.29, 1.82) is 5.41 Å². The van der Waals surface area contributed by atoms with Gasteiger partial charge in [-0.15, -0.1) is 0 Å². The topological polar surface area (TPSA) is 66.1 Å². The highest BCUT2D eigenvalue weighted by molar-refractivity contribution is 8.18. The van der Waals surface area contributed by atoms with E-state index in [9.17, 15) is 4.79 Å². The number of amidine groups is 1. The Morgan fingerprint density at radius 2 is 1.90 bits per heavy atom. The molecule has 2 N–H and O–H groups in total. The van der Waals surface area contributed by atoms with Crippen LogP contribution in [0.3, 0.4) is 0 Å². The first-order chi connectivity index (χ1) is 10.2. The molecule has 0 unspecified atom stereocenters. The lowest BCUT2D eigenvalue weighted by molar-refractivity contribution is -0.115. The van der Waals surface area contributed by atoms with E-state index in [-0.39, 0.29) is 11.1 Å². The smallest absolute Gasteiger partial charge is 0.264 e. The van der Waals surface area contributed by atoms with E-state index in [0.717, 1.165) is 39.3 Å². The van der Waals surface area contributed by atoms with E-state index in [4.69, 9.17) is 9.83 Å². The van der Waals surface area contributed by atoms with Gasteiger partial charge in [-0.3, -0.25) is 10.2 Å². The molecule has 0 bridgehead atoms. The number of hydrogen-bond donors (Lipinski definition) is 2. The molecule has 4 nitrogen and oxygen atoms in total. The second kappa shape index (κ2) is 4.49. The van der Waals surface area contributed by atoms with Gasteiger partial charge < -0.3 is 9.73 Å². The molecule has 0 atom stereocenters. The Balaban J connectivity index is 1.87. The van der Waals surface area contributed by atoms with Crippen LogP contribution in [0.1, 0.15) is 5.56 Å². The molecule has 4 rings (SSSR count). The summed E-state index contributed by atoms with van der Waals surface area (Å²) >= 11 is 1.14. The molecular weight excluding hydrogens is 284 g/mol. The first-order valence-corrected chi connectivity index (χ1v) is 7.23. The zero-order chi connectivity index (χ0) is 14.4. The predicted molar refractivity (Wildman–Crippen MR) is 85.2 cm³/mol. The molecule has 1 aromatic heterocycles. The highest BCUT2D eigenvalue weighted by Gasteiger charge is 2.22. The number of rotatable bonds is 1. The Morgan fingerprint density at radius 3 is 2.71 bits per heavy atom. The fourth-order valence-corrected chi connectivity index (χ4v) is 3.13. The fraction of sp³-hybridized carbons (Fsp3) is 0. The third kappa shape index (κ3) is 2.02. The summed E-state index contributed by atoms with van der Waals surface area (Å²) in [5.41, 5.74) is 2.60. The quantitative estimate of drug-likeness (QED) is 0.672. The summed E-state index contributed by atoms with van der Waals surface area (Å²) in [6, 6.07) is 13.7. The van der Waals surface area contributed by atoms with Crippen molar-refractivity contribution in [2.24, 2.45) is 0 Å². The van der Waals surface area contributed by atoms with E-state index in [1.165, 1.54) is 0 Å². The van der Waals surface area contributed by atoms with Crippen LogP contribution >= 0.6 is 11.8 Å². The zero-order valence-electron chi connectivity index (χ0n) is 10.8. The van der Waals surface area contributed by atoms with Gasteiger partial charge in [0, 0.05) is 10.8 Å². The maximum atomic E-state index is 11.7. The number of carbonyl (C=O) groups excluding carboxylic acids is 1. The van der Waals surface area contributed by atoms with Crippen molar-refractivity contribution in [2.75, 3.05) is 0 Å². The Kier molecular flexibility index (Phi) is 2.62. The molecule has 2 heterocycles. The van der Waals surface area contributed by atoms with Crippen LogP contribution in [0.15, 0.2) is 51.8 Å². The molecule has 1 aliphatic heterocycles. The number of amides is 1. The second-order valence-corrected chi connectivity index (χ2v) is 5.80. The van der Waals surface area contributed by atoms with Crippen molar-refractivity contribution in [3.05, 3.63) is 52.9 Å². The minimum absolute atomic E-state index is 0.168. The Morgan fingerprint density at radius 1 is 1.10 bits per heavy atom. The Bertz CT molecular complexity index is 940. The van der Waals surface area contributed by atoms with Crippen LogP contribution < -0.4 is 5.32 Å². The van der Waals surface area contributed by atoms with E-state index < -0.39 is 0 Å². The molecular formula is C16H10N2O2S. The third-order valence-electron chi connectivity index (χ3n) is 3.36. The lowest BCUT2D eigenvalue weighted by Gasteiger charge is -1.96. The molecule has 1 fully saturated rings. The summed E-state index contributed by atoms with van der Waals surface area (Å²) < 4.78 is 5.78. The van der Waals surface area contributed by atoms with Crippen molar-refractivity contribution >= 4 is 50.9 Å². The van der Waals surface area contributed by atoms with Gasteiger partial charge in [0.05, 0.1) is 4.91 Å². The zero-order valence-corrected chi connectivity index (χ0v) is 11.7. The van der Waals surface area contributed by atoms with E-state index in [0.29, 0.717) is 4.91 Å². The summed E-state index contributed by atoms with van der Waals surface area (Å²) in [5.74, 6) is -0.220. The van der Waals surface area contributed by atoms with Crippen molar-refractivity contribution < 1.29 is 9.21 Å². The monoisotopic (exact) mass is 294 g/mol. The molecule has 2 aromatic carbocycles. The van der Waals surface area contributed by atoms with Gasteiger partial charge in [-0.1, -0.05) is 24.3 Å². The van der Waals surface area contributed by atoms with Gasteiger partial charge in [-0.25, -0.2) is 0 Å². The fourth-order valence-electron chi connectivity index (χ4n) is 2.43. The number of thioether (sulfide) groups is 1. The predicted octanol–water partition coefficient (Wildman–Crippen LogP) is 3.72. The number of benzene rings is 2. The average Bonchev–Trinajstić information content (AvgIpc) is 2.99. The lowest BCUT2D eigenvalue weighted by Crippen LogP contribution is -2.18. The molecule has 102 valence electrons. The van der Waals surface area contributed by atoms with Gasteiger partial charge in [0.1, 0.15) is 11.2 Å². The van der Waals surface area contributed by atoms with Crippen molar-refractivity contribution in [3.63, 3.8) is 0 Å². The normalized spacial score (nSPS) is 17.0. The van der Waals surface area contributed by atoms with Gasteiger partial charge >= 0.3 is 0 Å². The van der Waals surface area contributed by atoms with Crippen LogP contribution in [-0.2, 0) is 4.79 Å². The number of carbonyl (C=O) groups is 1. The molecule has 5 heteroatoms. The van der Waals surface area contributed by atoms with E-state index in [2.05, 4.69) is 5.32 Å². The van der Waals surface area contributed by atoms with Crippen LogP contribution in [0.4, 0.5) is 0 Å². The van der Waals surface area contributed by atoms with E-state index in [1.54, 1.807) is 6.08 Å². The van der Waals surface area contributed by atoms with E-state index >= 15 is 0 Å². The van der Waals surface area contributed by atoms with Crippen molar-refractivity contribution in [1.82, 2.24) is 5.32 Å². The van der Waals surface area contributed by atoms with Gasteiger partial charge in [-0.05, 0) is 41.6 Å². The van der Waals surface area contributed by atoms with Gasteiger partial charge in [0.25, 0.3) is 5.91 Å². The largest absolute Gasteiger partial charge is 0.456 e. The highest BCUT2D eigenvalue weighted by atomic mass is 32.2. The molecule has 1 saturated heterocycles. The highest BCUT2D eigenvalue weighted by Crippen LogP contribution is 2.31. The Hall–Kier alpha value is -2.53. The SMILES string of the molecule is N=C1NC(=O)C(=Cc2ccc3oc4ccccc4c3c2)S1. The minimum atomic E-state index is -0.220. The van der Waals surface area contributed by atoms with Gasteiger partial charge in [0.2, 0.25) is 0 Å². The summed E-state index contributed by atoms with van der Waals surface area (Å²) in [5, 5.41) is 12.2. The maximum Gasteiger partial charge on any atom is 0.264 e. The minimum Gasteiger partial charge on any atom is -0.456 e. The van der Waals surface area contributed by atoms with Crippen LogP contribution in [0.25, 0.3) is 28.0 Å². The van der Waals surface area contributed by atoms with Gasteiger partial charge in [0.15, 0.2) is 5.17 Å². The van der Waals surface area contributed by atoms with Crippen LogP contribution in [0.2, 0.25) is 0 Å². The average molecular weight is 294 g/mol. The lowest BCUT2D eigenvalue weighted by atomic mass is 10.1. The molecule has 0 saturated carbocycles. The molecule has 1 amide bonds. The van der Waals surface area contributed by atoms with Crippen LogP contribution in [0.5, 0.6) is 0 Å². The number of furan rings is 1. The first kappa shape index (κ1) is 12.2. The van der Waals surface area contributed by atoms with Crippen molar-refractivity contribution in [3.8, 4) is 0 Å². The second-order valence-electron chi connectivity index (χ2n) is 4.75. The van der Waals surface area contributed by atoms with Gasteiger partial charge in [-0.2, -0.15) is 0 Å². The van der Waals surface area contributed by atoms with Crippen molar-refractivity contribution in [2.45, 2.75) is 0 Å². The first-order valence-electron chi connectivity index (χ1n) is 6.41. The molecule has 0 radical (unpaired) electrons. The molecule has 3 aromatic rings. The Labute approximate surface area is 124 Å². The van der Waals surface area contributed by atoms with Crippen LogP contribution in [-0.4, -0.2) is 11.1 Å². The number of fused-ring (bicyclic) bond motifs is 3. The summed E-state index contributed by atoms with van der Waals surface area (Å²) in [6.45, 7) is 0. The summed E-state index contributed by atoms with van der Waals surface area (Å²) in [6.07, 6.45) is 1.79. The molecule has 0 aliphatic carbocycles. The molecule has 1 aliphatic rings. The third-order valence-corrected chi connectivity index (χ3v) is 4.19.